The molecule has 0 saturated carbocycles. The molecule has 0 atom stereocenters. The number of nitrogens with zero attached hydrogens (tertiary/aromatic N) is 4. The third-order valence-electron chi connectivity index (χ3n) is 7.23. The zero-order valence-corrected chi connectivity index (χ0v) is 20.8. The summed E-state index contributed by atoms with van der Waals surface area (Å²) in [7, 11) is 1.83. The number of hydrogen-bond donors (Lipinski definition) is 1. The number of piperidine rings is 2. The summed E-state index contributed by atoms with van der Waals surface area (Å²) >= 11 is 0. The number of hydrogen-bond acceptors (Lipinski definition) is 5. The van der Waals surface area contributed by atoms with Crippen LogP contribution in [-0.2, 0) is 6.18 Å². The Balaban J connectivity index is 1.24. The van der Waals surface area contributed by atoms with Gasteiger partial charge in [-0.1, -0.05) is 18.2 Å². The van der Waals surface area contributed by atoms with Crippen molar-refractivity contribution in [3.05, 3.63) is 64.2 Å². The second-order valence-corrected chi connectivity index (χ2v) is 9.82. The lowest BCUT2D eigenvalue weighted by atomic mass is 9.96. The van der Waals surface area contributed by atoms with Crippen LogP contribution in [0.3, 0.4) is 0 Å². The van der Waals surface area contributed by atoms with E-state index < -0.39 is 22.4 Å². The molecule has 2 aliphatic rings. The van der Waals surface area contributed by atoms with Gasteiger partial charge < -0.3 is 20.0 Å². The zero-order chi connectivity index (χ0) is 26.6. The zero-order valence-electron chi connectivity index (χ0n) is 20.8. The molecule has 0 aliphatic carbocycles. The first kappa shape index (κ1) is 26.6. The van der Waals surface area contributed by atoms with Crippen molar-refractivity contribution < 1.29 is 22.9 Å². The standard InChI is InChI=1S/C26H32F3N5O3/c1-31(18-19-9-13-32(14-10-19)22-5-3-2-4-6-22)25(35)33-15-11-20(12-16-33)30-21-7-8-24(34(36)37)23(17-21)26(27,28)29/h2-8,17,19-20,30H,9-16,18H2,1H3. The van der Waals surface area contributed by atoms with Crippen LogP contribution in [0.15, 0.2) is 48.5 Å². The highest BCUT2D eigenvalue weighted by Gasteiger charge is 2.38. The predicted octanol–water partition coefficient (Wildman–Crippen LogP) is 5.46. The lowest BCUT2D eigenvalue weighted by Gasteiger charge is -2.38. The van der Waals surface area contributed by atoms with Crippen LogP contribution in [0.25, 0.3) is 0 Å². The lowest BCUT2D eigenvalue weighted by Crippen LogP contribution is -2.49. The van der Waals surface area contributed by atoms with Gasteiger partial charge in [-0.25, -0.2) is 4.79 Å². The van der Waals surface area contributed by atoms with Crippen molar-refractivity contribution in [1.82, 2.24) is 9.80 Å². The SMILES string of the molecule is CN(CC1CCN(c2ccccc2)CC1)C(=O)N1CCC(Nc2ccc([N+](=O)[O-])c(C(F)(F)F)c2)CC1. The van der Waals surface area contributed by atoms with Crippen molar-refractivity contribution in [2.75, 3.05) is 50.0 Å². The fourth-order valence-corrected chi connectivity index (χ4v) is 5.18. The molecular weight excluding hydrogens is 487 g/mol. The van der Waals surface area contributed by atoms with Crippen LogP contribution in [0.4, 0.5) is 35.0 Å². The molecule has 4 rings (SSSR count). The van der Waals surface area contributed by atoms with Gasteiger partial charge in [-0.15, -0.1) is 0 Å². The van der Waals surface area contributed by atoms with Crippen molar-refractivity contribution >= 4 is 23.1 Å². The van der Waals surface area contributed by atoms with E-state index in [0.717, 1.165) is 38.1 Å². The number of benzene rings is 2. The highest BCUT2D eigenvalue weighted by molar-refractivity contribution is 5.74. The maximum absolute atomic E-state index is 13.3. The summed E-state index contributed by atoms with van der Waals surface area (Å²) in [6.07, 6.45) is -1.62. The molecule has 11 heteroatoms. The summed E-state index contributed by atoms with van der Waals surface area (Å²) in [4.78, 5) is 28.9. The molecule has 1 N–H and O–H groups in total. The molecule has 2 amide bonds. The van der Waals surface area contributed by atoms with E-state index in [1.807, 2.05) is 25.2 Å². The summed E-state index contributed by atoms with van der Waals surface area (Å²) in [6.45, 7) is 3.61. The maximum atomic E-state index is 13.3. The van der Waals surface area contributed by atoms with Crippen LogP contribution >= 0.6 is 0 Å². The molecule has 200 valence electrons. The summed E-state index contributed by atoms with van der Waals surface area (Å²) < 4.78 is 39.8. The number of likely N-dealkylation sites (tertiary alicyclic amines) is 1. The molecule has 0 unspecified atom stereocenters. The Labute approximate surface area is 214 Å². The normalized spacial score (nSPS) is 17.5. The monoisotopic (exact) mass is 519 g/mol. The van der Waals surface area contributed by atoms with E-state index >= 15 is 0 Å². The number of rotatable bonds is 6. The number of nitro groups is 1. The minimum absolute atomic E-state index is 0.0290. The van der Waals surface area contributed by atoms with E-state index in [1.165, 1.54) is 11.8 Å². The highest BCUT2D eigenvalue weighted by atomic mass is 19.4. The number of carbonyl (C=O) groups is 1. The molecule has 0 spiro atoms. The largest absolute Gasteiger partial charge is 0.423 e. The number of urea groups is 1. The van der Waals surface area contributed by atoms with Crippen LogP contribution in [-0.4, -0.2) is 66.6 Å². The first-order valence-corrected chi connectivity index (χ1v) is 12.5. The minimum Gasteiger partial charge on any atom is -0.382 e. The number of halogens is 3. The van der Waals surface area contributed by atoms with Crippen molar-refractivity contribution in [1.29, 1.82) is 0 Å². The Bertz CT molecular complexity index is 1080. The van der Waals surface area contributed by atoms with E-state index in [4.69, 9.17) is 0 Å². The van der Waals surface area contributed by atoms with E-state index in [2.05, 4.69) is 22.3 Å². The Morgan fingerprint density at radius 2 is 1.70 bits per heavy atom. The number of nitro benzene ring substituents is 1. The molecule has 2 aromatic carbocycles. The third-order valence-corrected chi connectivity index (χ3v) is 7.23. The van der Waals surface area contributed by atoms with Gasteiger partial charge in [0, 0.05) is 63.3 Å². The Kier molecular flexibility index (Phi) is 8.09. The molecule has 2 saturated heterocycles. The van der Waals surface area contributed by atoms with Crippen LogP contribution in [0, 0.1) is 16.0 Å². The Hall–Kier alpha value is -3.50. The second-order valence-electron chi connectivity index (χ2n) is 9.82. The van der Waals surface area contributed by atoms with Gasteiger partial charge in [0.1, 0.15) is 5.56 Å². The Morgan fingerprint density at radius 1 is 1.05 bits per heavy atom. The summed E-state index contributed by atoms with van der Waals surface area (Å²) in [5, 5.41) is 14.0. The molecule has 2 aromatic rings. The van der Waals surface area contributed by atoms with Gasteiger partial charge in [-0.2, -0.15) is 13.2 Å². The molecular formula is C26H32F3N5O3. The van der Waals surface area contributed by atoms with Gasteiger partial charge >= 0.3 is 12.2 Å². The number of para-hydroxylation sites is 1. The van der Waals surface area contributed by atoms with Gasteiger partial charge in [0.25, 0.3) is 5.69 Å². The topological polar surface area (TPSA) is 82.0 Å². The number of amides is 2. The predicted molar refractivity (Wildman–Crippen MR) is 136 cm³/mol. The quantitative estimate of drug-likeness (QED) is 0.405. The summed E-state index contributed by atoms with van der Waals surface area (Å²) in [6, 6.07) is 13.1. The van der Waals surface area contributed by atoms with Crippen molar-refractivity contribution in [3.63, 3.8) is 0 Å². The van der Waals surface area contributed by atoms with Crippen LogP contribution in [0.5, 0.6) is 0 Å². The van der Waals surface area contributed by atoms with Crippen molar-refractivity contribution in [2.24, 2.45) is 5.92 Å². The summed E-state index contributed by atoms with van der Waals surface area (Å²) in [5.41, 5.74) is -0.828. The second kappa shape index (κ2) is 11.3. The van der Waals surface area contributed by atoms with Crippen LogP contribution in [0.1, 0.15) is 31.2 Å². The number of anilines is 2. The molecule has 2 aliphatic heterocycles. The van der Waals surface area contributed by atoms with Gasteiger partial charge in [0.15, 0.2) is 0 Å². The fourth-order valence-electron chi connectivity index (χ4n) is 5.18. The first-order valence-electron chi connectivity index (χ1n) is 12.5. The number of nitrogens with one attached hydrogen (secondary N) is 1. The smallest absolute Gasteiger partial charge is 0.382 e. The van der Waals surface area contributed by atoms with E-state index in [9.17, 15) is 28.1 Å². The van der Waals surface area contributed by atoms with E-state index in [1.54, 1.807) is 9.80 Å². The lowest BCUT2D eigenvalue weighted by molar-refractivity contribution is -0.388. The maximum Gasteiger partial charge on any atom is 0.423 e. The average Bonchev–Trinajstić information content (AvgIpc) is 2.89. The Morgan fingerprint density at radius 3 is 2.30 bits per heavy atom. The van der Waals surface area contributed by atoms with Gasteiger partial charge in [0.2, 0.25) is 0 Å². The highest BCUT2D eigenvalue weighted by Crippen LogP contribution is 2.38. The average molecular weight is 520 g/mol. The summed E-state index contributed by atoms with van der Waals surface area (Å²) in [5.74, 6) is 0.443. The van der Waals surface area contributed by atoms with Crippen molar-refractivity contribution in [3.8, 4) is 0 Å². The molecule has 0 aromatic heterocycles. The van der Waals surface area contributed by atoms with Crippen LogP contribution in [0.2, 0.25) is 0 Å². The molecule has 8 nitrogen and oxygen atoms in total. The molecule has 0 radical (unpaired) electrons. The van der Waals surface area contributed by atoms with E-state index in [-0.39, 0.29) is 17.8 Å². The van der Waals surface area contributed by atoms with Gasteiger partial charge in [-0.05, 0) is 55.9 Å². The minimum atomic E-state index is -4.82. The third kappa shape index (κ3) is 6.64. The van der Waals surface area contributed by atoms with Gasteiger partial charge in [0.05, 0.1) is 4.92 Å². The molecule has 2 fully saturated rings. The molecule has 37 heavy (non-hydrogen) atoms. The molecule has 0 bridgehead atoms. The molecule has 2 heterocycles. The van der Waals surface area contributed by atoms with Crippen LogP contribution < -0.4 is 10.2 Å². The van der Waals surface area contributed by atoms with Gasteiger partial charge in [-0.3, -0.25) is 10.1 Å². The number of carbonyl (C=O) groups excluding carboxylic acids is 1. The first-order chi connectivity index (χ1) is 17.6. The van der Waals surface area contributed by atoms with Crippen molar-refractivity contribution in [2.45, 2.75) is 37.9 Å². The number of alkyl halides is 3. The van der Waals surface area contributed by atoms with E-state index in [0.29, 0.717) is 38.4 Å². The fraction of sp³-hybridized carbons (Fsp3) is 0.500.